The molecule has 0 amide bonds. The first kappa shape index (κ1) is 13.0. The third-order valence-electron chi connectivity index (χ3n) is 2.83. The maximum absolute atomic E-state index is 5.66. The molecule has 1 unspecified atom stereocenters. The predicted octanol–water partition coefficient (Wildman–Crippen LogP) is 3.17. The first-order valence-corrected chi connectivity index (χ1v) is 6.06. The molecule has 0 aromatic heterocycles. The van der Waals surface area contributed by atoms with Crippen molar-refractivity contribution in [3.8, 4) is 5.75 Å². The lowest BCUT2D eigenvalue weighted by Gasteiger charge is -2.11. The van der Waals surface area contributed by atoms with Crippen LogP contribution in [0.5, 0.6) is 5.75 Å². The normalized spacial score (nSPS) is 12.8. The fraction of sp³-hybridized carbons (Fsp3) is 0.571. The van der Waals surface area contributed by atoms with Crippen molar-refractivity contribution >= 4 is 0 Å². The molecule has 0 bridgehead atoms. The minimum Gasteiger partial charge on any atom is -0.494 e. The number of hydrogen-bond donors (Lipinski definition) is 1. The molecule has 0 saturated carbocycles. The molecule has 0 aliphatic rings. The Hall–Kier alpha value is -1.02. The van der Waals surface area contributed by atoms with Gasteiger partial charge in [0.05, 0.1) is 6.61 Å². The topological polar surface area (TPSA) is 35.2 Å². The van der Waals surface area contributed by atoms with Gasteiger partial charge in [-0.3, -0.25) is 0 Å². The highest BCUT2D eigenvalue weighted by Crippen LogP contribution is 2.18. The number of ether oxygens (including phenoxy) is 1. The molecule has 0 radical (unpaired) electrons. The lowest BCUT2D eigenvalue weighted by molar-refractivity contribution is 0.285. The summed E-state index contributed by atoms with van der Waals surface area (Å²) in [5.74, 6) is 2.06. The summed E-state index contributed by atoms with van der Waals surface area (Å²) in [6.07, 6.45) is 1.02. The van der Waals surface area contributed by atoms with E-state index in [0.29, 0.717) is 11.8 Å². The Morgan fingerprint density at radius 3 is 2.25 bits per heavy atom. The summed E-state index contributed by atoms with van der Waals surface area (Å²) in [4.78, 5) is 0. The van der Waals surface area contributed by atoms with Crippen molar-refractivity contribution < 1.29 is 4.74 Å². The summed E-state index contributed by atoms with van der Waals surface area (Å²) < 4.78 is 5.66. The van der Waals surface area contributed by atoms with Crippen LogP contribution in [0.1, 0.15) is 38.7 Å². The first-order chi connectivity index (χ1) is 7.63. The van der Waals surface area contributed by atoms with E-state index in [0.717, 1.165) is 25.3 Å². The Bertz CT molecular complexity index is 292. The Balaban J connectivity index is 2.38. The molecule has 2 heteroatoms. The van der Waals surface area contributed by atoms with Crippen molar-refractivity contribution in [2.45, 2.75) is 33.1 Å². The van der Waals surface area contributed by atoms with Crippen LogP contribution in [0.4, 0.5) is 0 Å². The highest BCUT2D eigenvalue weighted by Gasteiger charge is 2.01. The van der Waals surface area contributed by atoms with E-state index in [2.05, 4.69) is 32.9 Å². The highest BCUT2D eigenvalue weighted by atomic mass is 16.5. The van der Waals surface area contributed by atoms with Gasteiger partial charge in [-0.1, -0.05) is 32.9 Å². The van der Waals surface area contributed by atoms with E-state index < -0.39 is 0 Å². The molecule has 0 saturated heterocycles. The average Bonchev–Trinajstić information content (AvgIpc) is 2.29. The van der Waals surface area contributed by atoms with Crippen LogP contribution in [0, 0.1) is 5.92 Å². The largest absolute Gasteiger partial charge is 0.494 e. The molecule has 0 aliphatic heterocycles. The average molecular weight is 221 g/mol. The summed E-state index contributed by atoms with van der Waals surface area (Å²) >= 11 is 0. The van der Waals surface area contributed by atoms with Gasteiger partial charge in [-0.15, -0.1) is 0 Å². The second-order valence-corrected chi connectivity index (χ2v) is 4.70. The maximum Gasteiger partial charge on any atom is 0.119 e. The molecule has 0 aliphatic carbocycles. The summed E-state index contributed by atoms with van der Waals surface area (Å²) in [6.45, 7) is 8.01. The smallest absolute Gasteiger partial charge is 0.119 e. The minimum absolute atomic E-state index is 0.537. The van der Waals surface area contributed by atoms with Gasteiger partial charge in [-0.05, 0) is 42.5 Å². The second kappa shape index (κ2) is 6.54. The molecule has 2 nitrogen and oxygen atoms in total. The van der Waals surface area contributed by atoms with E-state index in [1.54, 1.807) is 0 Å². The molecule has 1 rings (SSSR count). The number of rotatable bonds is 6. The van der Waals surface area contributed by atoms with Crippen LogP contribution < -0.4 is 10.5 Å². The van der Waals surface area contributed by atoms with E-state index in [9.17, 15) is 0 Å². The molecular weight excluding hydrogens is 198 g/mol. The van der Waals surface area contributed by atoms with Crippen LogP contribution in [0.25, 0.3) is 0 Å². The molecule has 16 heavy (non-hydrogen) atoms. The first-order valence-electron chi connectivity index (χ1n) is 6.06. The monoisotopic (exact) mass is 221 g/mol. The summed E-state index contributed by atoms with van der Waals surface area (Å²) in [5.41, 5.74) is 6.90. The molecule has 0 spiro atoms. The molecule has 0 fully saturated rings. The van der Waals surface area contributed by atoms with E-state index in [4.69, 9.17) is 10.5 Å². The fourth-order valence-corrected chi connectivity index (χ4v) is 1.44. The Kier molecular flexibility index (Phi) is 5.33. The number of benzene rings is 1. The van der Waals surface area contributed by atoms with Gasteiger partial charge >= 0.3 is 0 Å². The van der Waals surface area contributed by atoms with Gasteiger partial charge in [0.1, 0.15) is 5.75 Å². The van der Waals surface area contributed by atoms with Gasteiger partial charge in [0, 0.05) is 0 Å². The Morgan fingerprint density at radius 2 is 1.75 bits per heavy atom. The second-order valence-electron chi connectivity index (χ2n) is 4.70. The van der Waals surface area contributed by atoms with Gasteiger partial charge < -0.3 is 10.5 Å². The number of hydrogen-bond acceptors (Lipinski definition) is 2. The third kappa shape index (κ3) is 4.23. The molecule has 1 aromatic carbocycles. The van der Waals surface area contributed by atoms with E-state index >= 15 is 0 Å². The van der Waals surface area contributed by atoms with E-state index in [1.165, 1.54) is 5.56 Å². The van der Waals surface area contributed by atoms with Crippen molar-refractivity contribution in [2.75, 3.05) is 13.2 Å². The molecule has 2 N–H and O–H groups in total. The fourth-order valence-electron chi connectivity index (χ4n) is 1.44. The summed E-state index contributed by atoms with van der Waals surface area (Å²) in [5, 5.41) is 0. The van der Waals surface area contributed by atoms with Gasteiger partial charge in [-0.2, -0.15) is 0 Å². The van der Waals surface area contributed by atoms with Crippen LogP contribution in [0.3, 0.4) is 0 Å². The van der Waals surface area contributed by atoms with Crippen molar-refractivity contribution in [3.63, 3.8) is 0 Å². The van der Waals surface area contributed by atoms with Crippen LogP contribution in [0.2, 0.25) is 0 Å². The molecular formula is C14H23NO. The zero-order valence-corrected chi connectivity index (χ0v) is 10.6. The van der Waals surface area contributed by atoms with E-state index in [1.807, 2.05) is 12.1 Å². The maximum atomic E-state index is 5.66. The van der Waals surface area contributed by atoms with Crippen molar-refractivity contribution in [1.29, 1.82) is 0 Å². The minimum atomic E-state index is 0.537. The van der Waals surface area contributed by atoms with Gasteiger partial charge in [0.15, 0.2) is 0 Å². The van der Waals surface area contributed by atoms with E-state index in [-0.39, 0.29) is 0 Å². The zero-order valence-electron chi connectivity index (χ0n) is 10.6. The lowest BCUT2D eigenvalue weighted by Crippen LogP contribution is -2.13. The highest BCUT2D eigenvalue weighted by molar-refractivity contribution is 5.28. The Morgan fingerprint density at radius 1 is 1.12 bits per heavy atom. The molecule has 90 valence electrons. The van der Waals surface area contributed by atoms with Crippen LogP contribution in [-0.4, -0.2) is 13.2 Å². The Labute approximate surface area is 98.8 Å². The predicted molar refractivity (Wildman–Crippen MR) is 68.9 cm³/mol. The van der Waals surface area contributed by atoms with Gasteiger partial charge in [0.2, 0.25) is 0 Å². The standard InChI is InChI=1S/C14H23NO/c1-11(2)13-4-6-14(7-5-13)16-9-8-12(3)10-15/h4-7,11-12H,8-10,15H2,1-3H3. The van der Waals surface area contributed by atoms with Crippen LogP contribution >= 0.6 is 0 Å². The van der Waals surface area contributed by atoms with Crippen LogP contribution in [-0.2, 0) is 0 Å². The van der Waals surface area contributed by atoms with Crippen molar-refractivity contribution in [3.05, 3.63) is 29.8 Å². The van der Waals surface area contributed by atoms with Gasteiger partial charge in [-0.25, -0.2) is 0 Å². The van der Waals surface area contributed by atoms with Crippen LogP contribution in [0.15, 0.2) is 24.3 Å². The number of nitrogens with two attached hydrogens (primary N) is 1. The molecule has 1 aromatic rings. The lowest BCUT2D eigenvalue weighted by atomic mass is 10.0. The quantitative estimate of drug-likeness (QED) is 0.800. The van der Waals surface area contributed by atoms with Gasteiger partial charge in [0.25, 0.3) is 0 Å². The van der Waals surface area contributed by atoms with Crippen molar-refractivity contribution in [2.24, 2.45) is 11.7 Å². The summed E-state index contributed by atoms with van der Waals surface area (Å²) in [6, 6.07) is 8.35. The summed E-state index contributed by atoms with van der Waals surface area (Å²) in [7, 11) is 0. The SMILES string of the molecule is CC(CN)CCOc1ccc(C(C)C)cc1. The molecule has 0 heterocycles. The molecule has 1 atom stereocenters. The third-order valence-corrected chi connectivity index (χ3v) is 2.83. The zero-order chi connectivity index (χ0) is 12.0. The van der Waals surface area contributed by atoms with Crippen molar-refractivity contribution in [1.82, 2.24) is 0 Å².